The molecule has 2 aromatic rings. The Kier molecular flexibility index (Phi) is 8.25. The van der Waals surface area contributed by atoms with E-state index in [1.165, 1.54) is 6.07 Å². The van der Waals surface area contributed by atoms with Crippen molar-refractivity contribution in [2.75, 3.05) is 6.54 Å². The standard InChI is InChI=1S/C25H34N4O4/c1-4-9-19-12-6-7-13-28(19)25(33)22-15-21(27-29(22)5-2)24(32)26-20(16-23(30)31)18-11-8-10-17(3)14-18/h8,10-11,14-15,19-20H,4-7,9,12-13,16H2,1-3H3,(H,26,32)(H,30,31)/t19-,20-/m0/s1. The molecule has 2 N–H and O–H groups in total. The highest BCUT2D eigenvalue weighted by atomic mass is 16.4. The van der Waals surface area contributed by atoms with Crippen molar-refractivity contribution < 1.29 is 19.5 Å². The lowest BCUT2D eigenvalue weighted by Crippen LogP contribution is -2.44. The van der Waals surface area contributed by atoms with Crippen LogP contribution >= 0.6 is 0 Å². The number of carboxylic acid groups (broad SMARTS) is 1. The van der Waals surface area contributed by atoms with E-state index in [-0.39, 0.29) is 24.1 Å². The average Bonchev–Trinajstić information content (AvgIpc) is 3.23. The van der Waals surface area contributed by atoms with Crippen LogP contribution in [0.25, 0.3) is 0 Å². The quantitative estimate of drug-likeness (QED) is 0.597. The van der Waals surface area contributed by atoms with E-state index in [1.807, 2.05) is 36.9 Å². The number of piperidine rings is 1. The summed E-state index contributed by atoms with van der Waals surface area (Å²) in [6.07, 6.45) is 4.83. The fraction of sp³-hybridized carbons (Fsp3) is 0.520. The molecule has 178 valence electrons. The highest BCUT2D eigenvalue weighted by molar-refractivity contribution is 5.98. The van der Waals surface area contributed by atoms with Gasteiger partial charge < -0.3 is 15.3 Å². The van der Waals surface area contributed by atoms with Crippen LogP contribution < -0.4 is 5.32 Å². The molecule has 0 spiro atoms. The SMILES string of the molecule is CCC[C@H]1CCCCN1C(=O)c1cc(C(=O)N[C@@H](CC(=O)O)c2cccc(C)c2)nn1CC. The Bertz CT molecular complexity index is 998. The van der Waals surface area contributed by atoms with Crippen molar-refractivity contribution in [3.63, 3.8) is 0 Å². The molecule has 1 aromatic heterocycles. The molecule has 2 amide bonds. The smallest absolute Gasteiger partial charge is 0.305 e. The van der Waals surface area contributed by atoms with Crippen molar-refractivity contribution >= 4 is 17.8 Å². The molecule has 3 rings (SSSR count). The van der Waals surface area contributed by atoms with Crippen molar-refractivity contribution in [1.82, 2.24) is 20.0 Å². The van der Waals surface area contributed by atoms with Crippen molar-refractivity contribution in [2.45, 2.75) is 77.9 Å². The second-order valence-corrected chi connectivity index (χ2v) is 8.71. The zero-order chi connectivity index (χ0) is 24.0. The first-order chi connectivity index (χ1) is 15.8. The number of carbonyl (C=O) groups is 3. The number of benzene rings is 1. The maximum Gasteiger partial charge on any atom is 0.305 e. The number of likely N-dealkylation sites (tertiary alicyclic amines) is 1. The number of hydrogen-bond donors (Lipinski definition) is 2. The third kappa shape index (κ3) is 6.00. The molecule has 8 heteroatoms. The summed E-state index contributed by atoms with van der Waals surface area (Å²) in [6.45, 7) is 7.09. The van der Waals surface area contributed by atoms with Crippen LogP contribution in [0.2, 0.25) is 0 Å². The van der Waals surface area contributed by atoms with E-state index in [2.05, 4.69) is 17.3 Å². The number of carboxylic acids is 1. The molecule has 1 fully saturated rings. The van der Waals surface area contributed by atoms with Gasteiger partial charge in [-0.1, -0.05) is 43.2 Å². The summed E-state index contributed by atoms with van der Waals surface area (Å²) in [4.78, 5) is 39.8. The number of rotatable bonds is 9. The minimum absolute atomic E-state index is 0.0951. The van der Waals surface area contributed by atoms with Gasteiger partial charge in [0.25, 0.3) is 11.8 Å². The maximum atomic E-state index is 13.4. The Labute approximate surface area is 195 Å². The van der Waals surface area contributed by atoms with Crippen molar-refractivity contribution in [3.05, 3.63) is 52.8 Å². The molecule has 2 heterocycles. The Morgan fingerprint density at radius 1 is 1.21 bits per heavy atom. The van der Waals surface area contributed by atoms with E-state index < -0.39 is 17.9 Å². The number of amides is 2. The van der Waals surface area contributed by atoms with Gasteiger partial charge in [0, 0.05) is 25.2 Å². The Hall–Kier alpha value is -3.16. The highest BCUT2D eigenvalue weighted by Crippen LogP contribution is 2.24. The van der Waals surface area contributed by atoms with Gasteiger partial charge in [-0.2, -0.15) is 5.10 Å². The molecule has 8 nitrogen and oxygen atoms in total. The molecule has 0 bridgehead atoms. The monoisotopic (exact) mass is 454 g/mol. The van der Waals surface area contributed by atoms with Gasteiger partial charge in [0.1, 0.15) is 5.69 Å². The summed E-state index contributed by atoms with van der Waals surface area (Å²) in [6, 6.07) is 8.46. The van der Waals surface area contributed by atoms with Crippen molar-refractivity contribution in [2.24, 2.45) is 0 Å². The van der Waals surface area contributed by atoms with Gasteiger partial charge in [-0.3, -0.25) is 19.1 Å². The van der Waals surface area contributed by atoms with Crippen molar-refractivity contribution in [1.29, 1.82) is 0 Å². The van der Waals surface area contributed by atoms with Gasteiger partial charge in [-0.25, -0.2) is 0 Å². The summed E-state index contributed by atoms with van der Waals surface area (Å²) in [7, 11) is 0. The predicted molar refractivity (Wildman–Crippen MR) is 125 cm³/mol. The second kappa shape index (κ2) is 11.1. The zero-order valence-electron chi connectivity index (χ0n) is 19.7. The lowest BCUT2D eigenvalue weighted by molar-refractivity contribution is -0.137. The van der Waals surface area contributed by atoms with Gasteiger partial charge in [0.05, 0.1) is 12.5 Å². The van der Waals surface area contributed by atoms with Crippen LogP contribution in [0.15, 0.2) is 30.3 Å². The molecular formula is C25H34N4O4. The van der Waals surface area contributed by atoms with Crippen LogP contribution in [0.4, 0.5) is 0 Å². The van der Waals surface area contributed by atoms with Crippen LogP contribution in [-0.4, -0.2) is 50.2 Å². The third-order valence-electron chi connectivity index (χ3n) is 6.17. The van der Waals surface area contributed by atoms with Gasteiger partial charge in [-0.15, -0.1) is 0 Å². The van der Waals surface area contributed by atoms with Gasteiger partial charge in [-0.05, 0) is 45.1 Å². The number of nitrogens with zero attached hydrogens (tertiary/aromatic N) is 3. The van der Waals surface area contributed by atoms with Crippen molar-refractivity contribution in [3.8, 4) is 0 Å². The molecule has 33 heavy (non-hydrogen) atoms. The molecule has 1 saturated heterocycles. The topological polar surface area (TPSA) is 105 Å². The van der Waals surface area contributed by atoms with E-state index in [4.69, 9.17) is 0 Å². The minimum atomic E-state index is -1.01. The molecule has 2 atom stereocenters. The first-order valence-electron chi connectivity index (χ1n) is 11.8. The molecular weight excluding hydrogens is 420 g/mol. The summed E-state index contributed by atoms with van der Waals surface area (Å²) in [5.41, 5.74) is 2.21. The number of aromatic nitrogens is 2. The fourth-order valence-corrected chi connectivity index (χ4v) is 4.54. The van der Waals surface area contributed by atoms with Crippen LogP contribution in [-0.2, 0) is 11.3 Å². The summed E-state index contributed by atoms with van der Waals surface area (Å²) < 4.78 is 1.56. The van der Waals surface area contributed by atoms with Gasteiger partial charge in [0.15, 0.2) is 5.69 Å². The van der Waals surface area contributed by atoms with Gasteiger partial charge >= 0.3 is 5.97 Å². The lowest BCUT2D eigenvalue weighted by atomic mass is 9.98. The maximum absolute atomic E-state index is 13.4. The van der Waals surface area contributed by atoms with Gasteiger partial charge in [0.2, 0.25) is 0 Å². The normalized spacial score (nSPS) is 16.9. The Morgan fingerprint density at radius 2 is 2.00 bits per heavy atom. The predicted octanol–water partition coefficient (Wildman–Crippen LogP) is 3.95. The third-order valence-corrected chi connectivity index (χ3v) is 6.17. The van der Waals surface area contributed by atoms with Crippen LogP contribution in [0.1, 0.15) is 90.5 Å². The largest absolute Gasteiger partial charge is 0.481 e. The second-order valence-electron chi connectivity index (χ2n) is 8.71. The number of nitrogens with one attached hydrogen (secondary N) is 1. The average molecular weight is 455 g/mol. The molecule has 0 radical (unpaired) electrons. The molecule has 0 unspecified atom stereocenters. The first kappa shape index (κ1) is 24.5. The van der Waals surface area contributed by atoms with Crippen LogP contribution in [0.3, 0.4) is 0 Å². The van der Waals surface area contributed by atoms with E-state index in [1.54, 1.807) is 10.7 Å². The van der Waals surface area contributed by atoms with E-state index in [9.17, 15) is 19.5 Å². The zero-order valence-corrected chi connectivity index (χ0v) is 19.7. The fourth-order valence-electron chi connectivity index (χ4n) is 4.54. The Balaban J connectivity index is 1.83. The Morgan fingerprint density at radius 3 is 2.67 bits per heavy atom. The first-order valence-corrected chi connectivity index (χ1v) is 11.8. The summed E-state index contributed by atoms with van der Waals surface area (Å²) >= 11 is 0. The highest BCUT2D eigenvalue weighted by Gasteiger charge is 2.30. The van der Waals surface area contributed by atoms with E-state index in [0.29, 0.717) is 24.3 Å². The number of carbonyl (C=O) groups excluding carboxylic acids is 2. The number of aryl methyl sites for hydroxylation is 2. The number of aliphatic carboxylic acids is 1. The minimum Gasteiger partial charge on any atom is -0.481 e. The number of hydrogen-bond acceptors (Lipinski definition) is 4. The molecule has 1 aliphatic heterocycles. The van der Waals surface area contributed by atoms with Crippen LogP contribution in [0, 0.1) is 6.92 Å². The van der Waals surface area contributed by atoms with E-state index >= 15 is 0 Å². The van der Waals surface area contributed by atoms with Crippen LogP contribution in [0.5, 0.6) is 0 Å². The molecule has 0 aliphatic carbocycles. The summed E-state index contributed by atoms with van der Waals surface area (Å²) in [5, 5.41) is 16.5. The molecule has 0 saturated carbocycles. The van der Waals surface area contributed by atoms with E-state index in [0.717, 1.165) is 37.7 Å². The summed E-state index contributed by atoms with van der Waals surface area (Å²) in [5.74, 6) is -1.60. The molecule has 1 aliphatic rings. The lowest BCUT2D eigenvalue weighted by Gasteiger charge is -2.35. The molecule has 1 aromatic carbocycles.